The number of hydrogen-bond acceptors (Lipinski definition) is 2. The van der Waals surface area contributed by atoms with E-state index < -0.39 is 0 Å². The van der Waals surface area contributed by atoms with Crippen molar-refractivity contribution in [1.82, 2.24) is 4.90 Å². The third-order valence-electron chi connectivity index (χ3n) is 3.45. The molecular formula is C14H17BrClNO2. The molecule has 3 nitrogen and oxygen atoms in total. The van der Waals surface area contributed by atoms with Crippen LogP contribution in [0.15, 0.2) is 18.2 Å². The standard InChI is InChI=1S/C14H17BrClNO2/c1-17(8-9-5-10(15)6-9)14(18)12-4-3-11(16)7-13(12)19-2/h3-4,7,9-10H,5-6,8H2,1-2H3. The molecule has 1 amide bonds. The number of ether oxygens (including phenoxy) is 1. The van der Waals surface area contributed by atoms with E-state index in [1.54, 1.807) is 30.2 Å². The van der Waals surface area contributed by atoms with E-state index in [0.29, 0.717) is 27.1 Å². The first-order valence-corrected chi connectivity index (χ1v) is 7.53. The third-order valence-corrected chi connectivity index (χ3v) is 4.43. The molecule has 0 aliphatic heterocycles. The van der Waals surface area contributed by atoms with Crippen LogP contribution >= 0.6 is 27.5 Å². The molecule has 1 aromatic carbocycles. The lowest BCUT2D eigenvalue weighted by atomic mass is 9.85. The van der Waals surface area contributed by atoms with Gasteiger partial charge in [0.15, 0.2) is 0 Å². The lowest BCUT2D eigenvalue weighted by molar-refractivity contribution is 0.0745. The molecular weight excluding hydrogens is 330 g/mol. The Labute approximate surface area is 127 Å². The molecule has 0 bridgehead atoms. The molecule has 1 fully saturated rings. The molecule has 0 heterocycles. The van der Waals surface area contributed by atoms with Crippen molar-refractivity contribution in [3.05, 3.63) is 28.8 Å². The zero-order chi connectivity index (χ0) is 14.0. The minimum atomic E-state index is -0.0217. The summed E-state index contributed by atoms with van der Waals surface area (Å²) in [6.45, 7) is 0.784. The fourth-order valence-electron chi connectivity index (χ4n) is 2.32. The van der Waals surface area contributed by atoms with Crippen LogP contribution in [0.4, 0.5) is 0 Å². The van der Waals surface area contributed by atoms with Crippen molar-refractivity contribution in [3.63, 3.8) is 0 Å². The molecule has 0 radical (unpaired) electrons. The maximum absolute atomic E-state index is 12.4. The summed E-state index contributed by atoms with van der Waals surface area (Å²) in [6.07, 6.45) is 2.27. The molecule has 1 aliphatic carbocycles. The lowest BCUT2D eigenvalue weighted by Gasteiger charge is -2.34. The Morgan fingerprint density at radius 3 is 2.79 bits per heavy atom. The van der Waals surface area contributed by atoms with Crippen LogP contribution in [0.3, 0.4) is 0 Å². The van der Waals surface area contributed by atoms with Crippen LogP contribution in [0.5, 0.6) is 5.75 Å². The monoisotopic (exact) mass is 345 g/mol. The first kappa shape index (κ1) is 14.7. The van der Waals surface area contributed by atoms with E-state index in [1.807, 2.05) is 7.05 Å². The van der Waals surface area contributed by atoms with Gasteiger partial charge in [0.1, 0.15) is 5.75 Å². The largest absolute Gasteiger partial charge is 0.496 e. The average molecular weight is 347 g/mol. The van der Waals surface area contributed by atoms with Gasteiger partial charge in [-0.1, -0.05) is 27.5 Å². The molecule has 5 heteroatoms. The predicted octanol–water partition coefficient (Wildman–Crippen LogP) is 3.59. The SMILES string of the molecule is COc1cc(Cl)ccc1C(=O)N(C)CC1CC(Br)C1. The van der Waals surface area contributed by atoms with Crippen LogP contribution in [0.25, 0.3) is 0 Å². The van der Waals surface area contributed by atoms with Crippen molar-refractivity contribution < 1.29 is 9.53 Å². The number of rotatable bonds is 4. The van der Waals surface area contributed by atoms with Crippen LogP contribution in [-0.2, 0) is 0 Å². The minimum absolute atomic E-state index is 0.0217. The van der Waals surface area contributed by atoms with Crippen LogP contribution in [0, 0.1) is 5.92 Å². The van der Waals surface area contributed by atoms with Gasteiger partial charge in [0.05, 0.1) is 12.7 Å². The van der Waals surface area contributed by atoms with Gasteiger partial charge in [-0.25, -0.2) is 0 Å². The molecule has 1 saturated carbocycles. The molecule has 0 atom stereocenters. The number of hydrogen-bond donors (Lipinski definition) is 0. The van der Waals surface area contributed by atoms with Gasteiger partial charge in [-0.3, -0.25) is 4.79 Å². The van der Waals surface area contributed by atoms with Crippen molar-refractivity contribution in [3.8, 4) is 5.75 Å². The summed E-state index contributed by atoms with van der Waals surface area (Å²) in [7, 11) is 3.38. The molecule has 0 spiro atoms. The molecule has 2 rings (SSSR count). The number of amides is 1. The van der Waals surface area contributed by atoms with Gasteiger partial charge in [0.2, 0.25) is 0 Å². The van der Waals surface area contributed by atoms with Crippen LogP contribution in [0.2, 0.25) is 5.02 Å². The van der Waals surface area contributed by atoms with Crippen LogP contribution in [0.1, 0.15) is 23.2 Å². The summed E-state index contributed by atoms with van der Waals surface area (Å²) in [5.74, 6) is 1.10. The summed E-state index contributed by atoms with van der Waals surface area (Å²) >= 11 is 9.47. The van der Waals surface area contributed by atoms with Gasteiger partial charge in [-0.15, -0.1) is 0 Å². The summed E-state index contributed by atoms with van der Waals surface area (Å²) in [5.41, 5.74) is 0.559. The average Bonchev–Trinajstić information content (AvgIpc) is 2.35. The second kappa shape index (κ2) is 6.14. The number of benzene rings is 1. The summed E-state index contributed by atoms with van der Waals surface area (Å²) in [6, 6.07) is 5.09. The van der Waals surface area contributed by atoms with Crippen molar-refractivity contribution in [2.24, 2.45) is 5.92 Å². The Kier molecular flexibility index (Phi) is 4.74. The number of methoxy groups -OCH3 is 1. The van der Waals surface area contributed by atoms with Crippen LogP contribution < -0.4 is 4.74 Å². The van der Waals surface area contributed by atoms with E-state index >= 15 is 0 Å². The van der Waals surface area contributed by atoms with E-state index in [9.17, 15) is 4.79 Å². The molecule has 19 heavy (non-hydrogen) atoms. The highest BCUT2D eigenvalue weighted by Crippen LogP contribution is 2.34. The molecule has 0 aromatic heterocycles. The molecule has 1 aliphatic rings. The van der Waals surface area contributed by atoms with Crippen molar-refractivity contribution in [2.75, 3.05) is 20.7 Å². The first-order chi connectivity index (χ1) is 9.01. The Balaban J connectivity index is 2.06. The van der Waals surface area contributed by atoms with Gasteiger partial charge >= 0.3 is 0 Å². The van der Waals surface area contributed by atoms with E-state index in [1.165, 1.54) is 0 Å². The van der Waals surface area contributed by atoms with Crippen molar-refractivity contribution in [1.29, 1.82) is 0 Å². The fraction of sp³-hybridized carbons (Fsp3) is 0.500. The lowest BCUT2D eigenvalue weighted by Crippen LogP contribution is -2.37. The summed E-state index contributed by atoms with van der Waals surface area (Å²) < 4.78 is 5.22. The Morgan fingerprint density at radius 1 is 1.53 bits per heavy atom. The first-order valence-electron chi connectivity index (χ1n) is 6.24. The highest BCUT2D eigenvalue weighted by molar-refractivity contribution is 9.09. The van der Waals surface area contributed by atoms with Crippen molar-refractivity contribution >= 4 is 33.4 Å². The maximum atomic E-state index is 12.4. The van der Waals surface area contributed by atoms with Gasteiger partial charge in [-0.05, 0) is 37.0 Å². The quantitative estimate of drug-likeness (QED) is 0.780. The van der Waals surface area contributed by atoms with Gasteiger partial charge in [0.25, 0.3) is 5.91 Å². The van der Waals surface area contributed by atoms with Gasteiger partial charge in [-0.2, -0.15) is 0 Å². The Hall–Kier alpha value is -0.740. The zero-order valence-corrected chi connectivity index (χ0v) is 13.4. The van der Waals surface area contributed by atoms with E-state index in [4.69, 9.17) is 16.3 Å². The molecule has 1 aromatic rings. The maximum Gasteiger partial charge on any atom is 0.257 e. The fourth-order valence-corrected chi connectivity index (χ4v) is 3.54. The highest BCUT2D eigenvalue weighted by Gasteiger charge is 2.29. The molecule has 0 N–H and O–H groups in total. The number of carbonyl (C=O) groups excluding carboxylic acids is 1. The number of halogens is 2. The number of nitrogens with zero attached hydrogens (tertiary/aromatic N) is 1. The van der Waals surface area contributed by atoms with Crippen LogP contribution in [-0.4, -0.2) is 36.3 Å². The zero-order valence-electron chi connectivity index (χ0n) is 11.0. The van der Waals surface area contributed by atoms with E-state index in [-0.39, 0.29) is 5.91 Å². The highest BCUT2D eigenvalue weighted by atomic mass is 79.9. The third kappa shape index (κ3) is 3.42. The molecule has 104 valence electrons. The summed E-state index contributed by atoms with van der Waals surface area (Å²) in [5, 5.41) is 0.567. The normalized spacial score (nSPS) is 21.7. The summed E-state index contributed by atoms with van der Waals surface area (Å²) in [4.78, 5) is 14.8. The predicted molar refractivity (Wildman–Crippen MR) is 80.4 cm³/mol. The van der Waals surface area contributed by atoms with E-state index in [0.717, 1.165) is 19.4 Å². The molecule has 0 saturated heterocycles. The van der Waals surface area contributed by atoms with Gasteiger partial charge in [0, 0.05) is 23.4 Å². The Morgan fingerprint density at radius 2 is 2.21 bits per heavy atom. The van der Waals surface area contributed by atoms with Gasteiger partial charge < -0.3 is 9.64 Å². The Bertz CT molecular complexity index is 475. The van der Waals surface area contributed by atoms with Crippen molar-refractivity contribution in [2.45, 2.75) is 17.7 Å². The minimum Gasteiger partial charge on any atom is -0.496 e. The second-order valence-electron chi connectivity index (χ2n) is 4.96. The second-order valence-corrected chi connectivity index (χ2v) is 6.70. The topological polar surface area (TPSA) is 29.5 Å². The number of alkyl halides is 1. The molecule has 0 unspecified atom stereocenters. The van der Waals surface area contributed by atoms with E-state index in [2.05, 4.69) is 15.9 Å². The number of carbonyl (C=O) groups is 1. The smallest absolute Gasteiger partial charge is 0.257 e.